The van der Waals surface area contributed by atoms with E-state index in [-0.39, 0.29) is 6.61 Å². The van der Waals surface area contributed by atoms with Crippen LogP contribution in [0, 0.1) is 23.7 Å². The van der Waals surface area contributed by atoms with E-state index in [9.17, 15) is 20.1 Å². The van der Waals surface area contributed by atoms with Crippen LogP contribution in [-0.2, 0) is 4.79 Å². The molecule has 0 aliphatic heterocycles. The Morgan fingerprint density at radius 1 is 1.11 bits per heavy atom. The predicted octanol–water partition coefficient (Wildman–Crippen LogP) is 4.11. The van der Waals surface area contributed by atoms with Crippen molar-refractivity contribution in [1.29, 1.82) is 0 Å². The first-order valence-corrected chi connectivity index (χ1v) is 10.8. The van der Waals surface area contributed by atoms with Gasteiger partial charge in [-0.05, 0) is 56.3 Å². The van der Waals surface area contributed by atoms with E-state index in [4.69, 9.17) is 5.11 Å². The van der Waals surface area contributed by atoms with E-state index >= 15 is 0 Å². The average Bonchev–Trinajstić information content (AvgIpc) is 3.03. The van der Waals surface area contributed by atoms with Gasteiger partial charge in [0.25, 0.3) is 5.79 Å². The molecular formula is C22H40O5. The molecule has 1 aliphatic carbocycles. The third-order valence-corrected chi connectivity index (χ3v) is 6.28. The summed E-state index contributed by atoms with van der Waals surface area (Å²) in [6.07, 6.45) is 16.2. The highest BCUT2D eigenvalue weighted by Gasteiger charge is 2.39. The number of hydrogen-bond acceptors (Lipinski definition) is 4. The number of carbonyl (C=O) groups is 1. The van der Waals surface area contributed by atoms with E-state index in [1.807, 2.05) is 0 Å². The Labute approximate surface area is 164 Å². The molecule has 0 aromatic heterocycles. The minimum absolute atomic E-state index is 0.245. The third kappa shape index (κ3) is 7.92. The summed E-state index contributed by atoms with van der Waals surface area (Å²) in [6, 6.07) is 0. The molecule has 0 heterocycles. The number of rotatable bonds is 14. The normalized spacial score (nSPS) is 24.6. The van der Waals surface area contributed by atoms with Gasteiger partial charge in [0.1, 0.15) is 0 Å². The van der Waals surface area contributed by atoms with Crippen LogP contribution in [0.2, 0.25) is 0 Å². The molecule has 0 aromatic carbocycles. The van der Waals surface area contributed by atoms with Crippen LogP contribution in [0.3, 0.4) is 0 Å². The number of carboxylic acids is 1. The molecule has 27 heavy (non-hydrogen) atoms. The van der Waals surface area contributed by atoms with Crippen LogP contribution >= 0.6 is 0 Å². The van der Waals surface area contributed by atoms with E-state index in [0.717, 1.165) is 38.5 Å². The summed E-state index contributed by atoms with van der Waals surface area (Å²) in [6.45, 7) is 4.03. The molecule has 158 valence electrons. The monoisotopic (exact) mass is 384 g/mol. The van der Waals surface area contributed by atoms with E-state index in [2.05, 4.69) is 19.1 Å². The fraction of sp³-hybridized carbons (Fsp3) is 0.864. The molecule has 1 saturated carbocycles. The zero-order valence-electron chi connectivity index (χ0n) is 17.1. The lowest BCUT2D eigenvalue weighted by Crippen LogP contribution is -2.44. The van der Waals surface area contributed by atoms with Gasteiger partial charge in [-0.15, -0.1) is 0 Å². The highest BCUT2D eigenvalue weighted by atomic mass is 16.5. The summed E-state index contributed by atoms with van der Waals surface area (Å²) in [5.41, 5.74) is 0. The Morgan fingerprint density at radius 2 is 1.81 bits per heavy atom. The van der Waals surface area contributed by atoms with Crippen LogP contribution in [0.5, 0.6) is 0 Å². The van der Waals surface area contributed by atoms with E-state index in [0.29, 0.717) is 24.2 Å². The van der Waals surface area contributed by atoms with Crippen molar-refractivity contribution < 1.29 is 25.2 Å². The van der Waals surface area contributed by atoms with Gasteiger partial charge in [0.05, 0.1) is 0 Å². The minimum Gasteiger partial charge on any atom is -0.477 e. The molecule has 0 radical (unpaired) electrons. The van der Waals surface area contributed by atoms with Crippen LogP contribution in [-0.4, -0.2) is 38.8 Å². The Morgan fingerprint density at radius 3 is 2.44 bits per heavy atom. The highest BCUT2D eigenvalue weighted by Crippen LogP contribution is 2.41. The molecule has 0 saturated heterocycles. The maximum absolute atomic E-state index is 10.9. The van der Waals surface area contributed by atoms with E-state index in [1.54, 1.807) is 6.92 Å². The predicted molar refractivity (Wildman–Crippen MR) is 107 cm³/mol. The quantitative estimate of drug-likeness (QED) is 0.205. The summed E-state index contributed by atoms with van der Waals surface area (Å²) >= 11 is 0. The summed E-state index contributed by atoms with van der Waals surface area (Å²) in [4.78, 5) is 10.9. The number of aliphatic hydroxyl groups excluding tert-OH is 1. The minimum atomic E-state index is -2.64. The van der Waals surface area contributed by atoms with Crippen molar-refractivity contribution in [3.05, 3.63) is 12.2 Å². The molecule has 0 spiro atoms. The average molecular weight is 385 g/mol. The van der Waals surface area contributed by atoms with Crippen LogP contribution in [0.1, 0.15) is 84.5 Å². The van der Waals surface area contributed by atoms with Crippen molar-refractivity contribution in [2.24, 2.45) is 23.7 Å². The van der Waals surface area contributed by atoms with Gasteiger partial charge in [-0.2, -0.15) is 0 Å². The van der Waals surface area contributed by atoms with E-state index in [1.165, 1.54) is 25.7 Å². The van der Waals surface area contributed by atoms with Gasteiger partial charge in [-0.3, -0.25) is 0 Å². The smallest absolute Gasteiger partial charge is 0.364 e. The SMILES string of the molecule is CCCCCCC=C[C@@H]1[C@@H](CCCCC(C)C(O)(O)C(=O)O)CC[C@H]1CO. The lowest BCUT2D eigenvalue weighted by molar-refractivity contribution is -0.221. The van der Waals surface area contributed by atoms with Crippen LogP contribution in [0.25, 0.3) is 0 Å². The van der Waals surface area contributed by atoms with Gasteiger partial charge in [-0.25, -0.2) is 4.79 Å². The lowest BCUT2D eigenvalue weighted by Gasteiger charge is -2.24. The number of aliphatic hydroxyl groups is 3. The molecule has 1 aliphatic rings. The van der Waals surface area contributed by atoms with Gasteiger partial charge >= 0.3 is 5.97 Å². The van der Waals surface area contributed by atoms with Crippen LogP contribution < -0.4 is 0 Å². The molecule has 1 unspecified atom stereocenters. The molecule has 1 rings (SSSR count). The topological polar surface area (TPSA) is 98.0 Å². The molecular weight excluding hydrogens is 344 g/mol. The Balaban J connectivity index is 2.39. The molecule has 1 fully saturated rings. The van der Waals surface area contributed by atoms with Crippen molar-refractivity contribution in [1.82, 2.24) is 0 Å². The molecule has 5 heteroatoms. The van der Waals surface area contributed by atoms with Gasteiger partial charge in [0, 0.05) is 12.5 Å². The van der Waals surface area contributed by atoms with Crippen molar-refractivity contribution in [2.75, 3.05) is 6.61 Å². The fourth-order valence-electron chi connectivity index (χ4n) is 4.27. The first-order valence-electron chi connectivity index (χ1n) is 10.8. The second-order valence-electron chi connectivity index (χ2n) is 8.35. The maximum Gasteiger partial charge on any atom is 0.364 e. The highest BCUT2D eigenvalue weighted by molar-refractivity contribution is 5.75. The number of aliphatic carboxylic acids is 1. The molecule has 5 nitrogen and oxygen atoms in total. The molecule has 0 aromatic rings. The van der Waals surface area contributed by atoms with E-state index < -0.39 is 17.7 Å². The summed E-state index contributed by atoms with van der Waals surface area (Å²) in [7, 11) is 0. The number of hydrogen-bond donors (Lipinski definition) is 4. The Kier molecular flexibility index (Phi) is 11.2. The van der Waals surface area contributed by atoms with Gasteiger partial charge < -0.3 is 20.4 Å². The van der Waals surface area contributed by atoms with Gasteiger partial charge in [-0.1, -0.05) is 58.1 Å². The van der Waals surface area contributed by atoms with Gasteiger partial charge in [0.2, 0.25) is 0 Å². The number of unbranched alkanes of at least 4 members (excludes halogenated alkanes) is 5. The van der Waals surface area contributed by atoms with Crippen LogP contribution in [0.4, 0.5) is 0 Å². The van der Waals surface area contributed by atoms with Crippen molar-refractivity contribution in [3.63, 3.8) is 0 Å². The Bertz CT molecular complexity index is 446. The molecule has 0 amide bonds. The first-order chi connectivity index (χ1) is 12.8. The second kappa shape index (κ2) is 12.5. The fourth-order valence-corrected chi connectivity index (χ4v) is 4.27. The Hall–Kier alpha value is -0.910. The molecule has 0 bridgehead atoms. The van der Waals surface area contributed by atoms with Crippen molar-refractivity contribution >= 4 is 5.97 Å². The summed E-state index contributed by atoms with van der Waals surface area (Å²) < 4.78 is 0. The molecule has 4 N–H and O–H groups in total. The van der Waals surface area contributed by atoms with Crippen LogP contribution in [0.15, 0.2) is 12.2 Å². The largest absolute Gasteiger partial charge is 0.477 e. The van der Waals surface area contributed by atoms with Crippen molar-refractivity contribution in [3.8, 4) is 0 Å². The van der Waals surface area contributed by atoms with Gasteiger partial charge in [0.15, 0.2) is 0 Å². The first kappa shape index (κ1) is 24.1. The third-order valence-electron chi connectivity index (χ3n) is 6.28. The lowest BCUT2D eigenvalue weighted by atomic mass is 9.85. The number of carboxylic acid groups (broad SMARTS) is 1. The zero-order valence-corrected chi connectivity index (χ0v) is 17.1. The molecule has 4 atom stereocenters. The summed E-state index contributed by atoms with van der Waals surface area (Å²) in [5, 5.41) is 37.7. The second-order valence-corrected chi connectivity index (χ2v) is 8.35. The maximum atomic E-state index is 10.9. The summed E-state index contributed by atoms with van der Waals surface area (Å²) in [5.74, 6) is -3.55. The standard InChI is InChI=1S/C22H40O5/c1-3-4-5-6-7-8-13-20-18(14-15-19(20)16-23)12-10-9-11-17(2)22(26,27)21(24)25/h8,13,17-20,23,26-27H,3-7,9-12,14-16H2,1-2H3,(H,24,25)/t17?,18-,19-,20+/m0/s1. The van der Waals surface area contributed by atoms with Crippen molar-refractivity contribution in [2.45, 2.75) is 90.3 Å². The zero-order chi connectivity index (χ0) is 20.3. The number of allylic oxidation sites excluding steroid dienone is 2.